The second-order valence-corrected chi connectivity index (χ2v) is 2.38. The molecule has 4 heteroatoms. The highest BCUT2D eigenvalue weighted by atomic mass is 16.6. The van der Waals surface area contributed by atoms with Gasteiger partial charge in [-0.3, -0.25) is 14.9 Å². The molecule has 0 saturated heterocycles. The van der Waals surface area contributed by atoms with Gasteiger partial charge in [0, 0.05) is 11.0 Å². The van der Waals surface area contributed by atoms with Gasteiger partial charge in [0.05, 0.1) is 0 Å². The van der Waals surface area contributed by atoms with Crippen molar-refractivity contribution in [2.75, 3.05) is 0 Å². The van der Waals surface area contributed by atoms with Crippen LogP contribution in [0.15, 0.2) is 23.8 Å². The normalized spacial score (nSPS) is 23.2. The number of hydrogen-bond acceptors (Lipinski definition) is 3. The fourth-order valence-electron chi connectivity index (χ4n) is 0.864. The van der Waals surface area contributed by atoms with Gasteiger partial charge in [0.1, 0.15) is 0 Å². The van der Waals surface area contributed by atoms with Crippen molar-refractivity contribution in [2.24, 2.45) is 0 Å². The Morgan fingerprint density at radius 3 is 2.64 bits per heavy atom. The zero-order valence-corrected chi connectivity index (χ0v) is 5.98. The number of rotatable bonds is 1. The fraction of sp³-hybridized carbons (Fsp3) is 0.286. The lowest BCUT2D eigenvalue weighted by molar-refractivity contribution is -0.494. The van der Waals surface area contributed by atoms with E-state index in [0.29, 0.717) is 0 Å². The molecular formula is C7H7NO3. The number of carbonyl (C=O) groups excluding carboxylic acids is 1. The Morgan fingerprint density at radius 2 is 2.18 bits per heavy atom. The molecular weight excluding hydrogens is 146 g/mol. The fourth-order valence-corrected chi connectivity index (χ4v) is 0.864. The van der Waals surface area contributed by atoms with E-state index in [9.17, 15) is 14.9 Å². The Bertz CT molecular complexity index is 265. The summed E-state index contributed by atoms with van der Waals surface area (Å²) in [4.78, 5) is 20.4. The average molecular weight is 153 g/mol. The molecule has 0 aromatic heterocycles. The summed E-state index contributed by atoms with van der Waals surface area (Å²) in [7, 11) is 0. The first-order chi connectivity index (χ1) is 5.11. The quantitative estimate of drug-likeness (QED) is 0.412. The predicted molar refractivity (Wildman–Crippen MR) is 38.7 cm³/mol. The van der Waals surface area contributed by atoms with Crippen LogP contribution in [0.25, 0.3) is 0 Å². The van der Waals surface area contributed by atoms with Crippen molar-refractivity contribution in [2.45, 2.75) is 13.0 Å². The molecule has 0 spiro atoms. The summed E-state index contributed by atoms with van der Waals surface area (Å²) >= 11 is 0. The maximum Gasteiger partial charge on any atom is 0.293 e. The van der Waals surface area contributed by atoms with Gasteiger partial charge < -0.3 is 0 Å². The van der Waals surface area contributed by atoms with Gasteiger partial charge in [0.15, 0.2) is 0 Å². The highest BCUT2D eigenvalue weighted by Gasteiger charge is 2.26. The predicted octanol–water partition coefficient (Wildman–Crippen LogP) is 0.717. The molecule has 0 fully saturated rings. The zero-order chi connectivity index (χ0) is 8.43. The Morgan fingerprint density at radius 1 is 1.55 bits per heavy atom. The summed E-state index contributed by atoms with van der Waals surface area (Å²) in [6, 6.07) is -1.17. The Balaban J connectivity index is 2.90. The van der Waals surface area contributed by atoms with Crippen LogP contribution in [-0.4, -0.2) is 16.7 Å². The van der Waals surface area contributed by atoms with E-state index in [0.717, 1.165) is 5.57 Å². The van der Waals surface area contributed by atoms with Gasteiger partial charge in [-0.2, -0.15) is 0 Å². The van der Waals surface area contributed by atoms with Crippen LogP contribution in [0.1, 0.15) is 6.92 Å². The minimum absolute atomic E-state index is 0.458. The molecule has 0 heterocycles. The molecule has 0 bridgehead atoms. The van der Waals surface area contributed by atoms with Crippen molar-refractivity contribution in [1.29, 1.82) is 0 Å². The topological polar surface area (TPSA) is 60.2 Å². The van der Waals surface area contributed by atoms with Crippen molar-refractivity contribution >= 4 is 5.78 Å². The molecule has 0 aromatic rings. The van der Waals surface area contributed by atoms with Crippen molar-refractivity contribution in [3.8, 4) is 0 Å². The molecule has 4 nitrogen and oxygen atoms in total. The van der Waals surface area contributed by atoms with E-state index in [4.69, 9.17) is 0 Å². The van der Waals surface area contributed by atoms with Gasteiger partial charge in [-0.25, -0.2) is 0 Å². The second-order valence-electron chi connectivity index (χ2n) is 2.38. The van der Waals surface area contributed by atoms with E-state index < -0.39 is 16.7 Å². The van der Waals surface area contributed by atoms with Crippen molar-refractivity contribution in [3.05, 3.63) is 33.9 Å². The molecule has 1 rings (SSSR count). The lowest BCUT2D eigenvalue weighted by Gasteiger charge is -2.05. The second kappa shape index (κ2) is 2.65. The summed E-state index contributed by atoms with van der Waals surface area (Å²) in [6.45, 7) is 1.72. The molecule has 1 unspecified atom stereocenters. The summed E-state index contributed by atoms with van der Waals surface area (Å²) < 4.78 is 0. The first kappa shape index (κ1) is 7.65. The van der Waals surface area contributed by atoms with E-state index in [1.165, 1.54) is 12.2 Å². The van der Waals surface area contributed by atoms with Crippen molar-refractivity contribution < 1.29 is 9.72 Å². The Kier molecular flexibility index (Phi) is 1.85. The van der Waals surface area contributed by atoms with E-state index >= 15 is 0 Å². The number of hydrogen-bond donors (Lipinski definition) is 0. The van der Waals surface area contributed by atoms with Gasteiger partial charge in [0.25, 0.3) is 6.04 Å². The van der Waals surface area contributed by atoms with Crippen LogP contribution in [-0.2, 0) is 4.79 Å². The van der Waals surface area contributed by atoms with E-state index in [1.54, 1.807) is 13.0 Å². The molecule has 0 radical (unpaired) electrons. The van der Waals surface area contributed by atoms with Crippen LogP contribution >= 0.6 is 0 Å². The first-order valence-corrected chi connectivity index (χ1v) is 3.15. The third-order valence-corrected chi connectivity index (χ3v) is 1.45. The number of carbonyl (C=O) groups is 1. The third kappa shape index (κ3) is 1.52. The molecule has 1 aliphatic carbocycles. The van der Waals surface area contributed by atoms with Crippen LogP contribution in [0.5, 0.6) is 0 Å². The lowest BCUT2D eigenvalue weighted by atomic mass is 10.0. The van der Waals surface area contributed by atoms with Gasteiger partial charge in [-0.15, -0.1) is 0 Å². The minimum Gasteiger partial charge on any atom is -0.287 e. The monoisotopic (exact) mass is 153 g/mol. The van der Waals surface area contributed by atoms with Crippen LogP contribution in [0.3, 0.4) is 0 Å². The van der Waals surface area contributed by atoms with E-state index in [2.05, 4.69) is 0 Å². The molecule has 1 atom stereocenters. The summed E-state index contributed by atoms with van der Waals surface area (Å²) in [5, 5.41) is 10.2. The lowest BCUT2D eigenvalue weighted by Crippen LogP contribution is -2.27. The highest BCUT2D eigenvalue weighted by Crippen LogP contribution is 2.08. The standard InChI is InChI=1S/C7H7NO3/c1-5-2-3-7(9)6(4-5)8(10)11/h2-4,6H,1H3. The molecule has 0 saturated carbocycles. The smallest absolute Gasteiger partial charge is 0.287 e. The maximum atomic E-state index is 10.8. The van der Waals surface area contributed by atoms with Crippen LogP contribution < -0.4 is 0 Å². The van der Waals surface area contributed by atoms with Gasteiger partial charge in [0.2, 0.25) is 5.78 Å². The number of nitrogens with zero attached hydrogens (tertiary/aromatic N) is 1. The van der Waals surface area contributed by atoms with Crippen molar-refractivity contribution in [3.63, 3.8) is 0 Å². The third-order valence-electron chi connectivity index (χ3n) is 1.45. The largest absolute Gasteiger partial charge is 0.293 e. The van der Waals surface area contributed by atoms with E-state index in [-0.39, 0.29) is 0 Å². The first-order valence-electron chi connectivity index (χ1n) is 3.15. The molecule has 0 aromatic carbocycles. The summed E-state index contributed by atoms with van der Waals surface area (Å²) in [6.07, 6.45) is 4.16. The minimum atomic E-state index is -1.17. The highest BCUT2D eigenvalue weighted by molar-refractivity contribution is 5.96. The molecule has 0 aliphatic heterocycles. The number of allylic oxidation sites excluding steroid dienone is 2. The maximum absolute atomic E-state index is 10.8. The number of ketones is 1. The Hall–Kier alpha value is -1.45. The van der Waals surface area contributed by atoms with Crippen LogP contribution in [0, 0.1) is 10.1 Å². The molecule has 58 valence electrons. The SMILES string of the molecule is CC1=CC([N+](=O)[O-])C(=O)C=C1. The number of nitro groups is 1. The van der Waals surface area contributed by atoms with Crippen LogP contribution in [0.4, 0.5) is 0 Å². The Labute approximate surface area is 63.4 Å². The summed E-state index contributed by atoms with van der Waals surface area (Å²) in [5.74, 6) is -0.458. The van der Waals surface area contributed by atoms with Gasteiger partial charge in [-0.1, -0.05) is 6.08 Å². The molecule has 0 N–H and O–H groups in total. The molecule has 1 aliphatic rings. The molecule has 11 heavy (non-hydrogen) atoms. The average Bonchev–Trinajstić information content (AvgIpc) is 1.94. The van der Waals surface area contributed by atoms with Gasteiger partial charge in [-0.05, 0) is 18.6 Å². The summed E-state index contributed by atoms with van der Waals surface area (Å²) in [5.41, 5.74) is 0.756. The van der Waals surface area contributed by atoms with E-state index in [1.807, 2.05) is 0 Å². The van der Waals surface area contributed by atoms with Crippen LogP contribution in [0.2, 0.25) is 0 Å². The zero-order valence-electron chi connectivity index (χ0n) is 5.98. The van der Waals surface area contributed by atoms with Crippen molar-refractivity contribution in [1.82, 2.24) is 0 Å². The molecule has 0 amide bonds. The van der Waals surface area contributed by atoms with Gasteiger partial charge >= 0.3 is 0 Å².